The summed E-state index contributed by atoms with van der Waals surface area (Å²) in [5.41, 5.74) is 3.32. The van der Waals surface area contributed by atoms with Crippen LogP contribution in [0.15, 0.2) is 58.4 Å². The van der Waals surface area contributed by atoms with Gasteiger partial charge in [-0.3, -0.25) is 18.9 Å². The topological polar surface area (TPSA) is 67.2 Å². The number of hydrogen-bond donors (Lipinski definition) is 0. The number of amides is 1. The van der Waals surface area contributed by atoms with Crippen LogP contribution in [0.2, 0.25) is 0 Å². The molecule has 0 bridgehead atoms. The number of fused-ring (bicyclic) bond motifs is 2. The second-order valence-electron chi connectivity index (χ2n) is 8.41. The van der Waals surface area contributed by atoms with Crippen molar-refractivity contribution in [3.8, 4) is 0 Å². The van der Waals surface area contributed by atoms with Gasteiger partial charge in [-0.1, -0.05) is 54.3 Å². The lowest BCUT2D eigenvalue weighted by atomic mass is 9.99. The van der Waals surface area contributed by atoms with Gasteiger partial charge in [0, 0.05) is 39.0 Å². The summed E-state index contributed by atoms with van der Waals surface area (Å²) < 4.78 is 7.41. The van der Waals surface area contributed by atoms with E-state index in [1.165, 1.54) is 27.3 Å². The first-order chi connectivity index (χ1) is 17.1. The molecule has 2 aliphatic rings. The number of hydrogen-bond acceptors (Lipinski definition) is 7. The molecule has 3 aromatic rings. The molecule has 0 atom stereocenters. The third kappa shape index (κ3) is 4.76. The summed E-state index contributed by atoms with van der Waals surface area (Å²) in [6.45, 7) is 5.05. The first-order valence-corrected chi connectivity index (χ1v) is 13.0. The van der Waals surface area contributed by atoms with Crippen molar-refractivity contribution in [2.45, 2.75) is 26.3 Å². The SMILES string of the molecule is CCOCCCN1C(=O)/C(=C\c2c(N3CCc4ccccc4C3)nc3ccccn3c2=O)SC1=S. The molecule has 0 radical (unpaired) electrons. The van der Waals surface area contributed by atoms with Crippen molar-refractivity contribution >= 4 is 51.7 Å². The predicted octanol–water partition coefficient (Wildman–Crippen LogP) is 3.89. The zero-order valence-corrected chi connectivity index (χ0v) is 21.1. The molecule has 1 aromatic carbocycles. The monoisotopic (exact) mass is 506 g/mol. The predicted molar refractivity (Wildman–Crippen MR) is 144 cm³/mol. The molecule has 1 saturated heterocycles. The lowest BCUT2D eigenvalue weighted by molar-refractivity contribution is -0.122. The number of carbonyl (C=O) groups is 1. The Balaban J connectivity index is 1.53. The summed E-state index contributed by atoms with van der Waals surface area (Å²) in [4.78, 5) is 35.8. The van der Waals surface area contributed by atoms with Gasteiger partial charge in [-0.25, -0.2) is 4.98 Å². The number of thiocarbonyl (C=S) groups is 1. The van der Waals surface area contributed by atoms with Crippen LogP contribution in [0.1, 0.15) is 30.0 Å². The second kappa shape index (κ2) is 10.3. The normalized spacial score (nSPS) is 17.0. The molecular formula is C26H26N4O3S2. The molecule has 9 heteroatoms. The fourth-order valence-corrected chi connectivity index (χ4v) is 5.72. The van der Waals surface area contributed by atoms with Crippen molar-refractivity contribution in [1.29, 1.82) is 0 Å². The molecule has 0 unspecified atom stereocenters. The third-order valence-electron chi connectivity index (χ3n) is 6.20. The minimum atomic E-state index is -0.203. The van der Waals surface area contributed by atoms with E-state index in [1.54, 1.807) is 23.2 Å². The lowest BCUT2D eigenvalue weighted by Crippen LogP contribution is -2.34. The fraction of sp³-hybridized carbons (Fsp3) is 0.308. The minimum absolute atomic E-state index is 0.177. The molecule has 0 spiro atoms. The number of aromatic nitrogens is 2. The van der Waals surface area contributed by atoms with Gasteiger partial charge in [0.25, 0.3) is 11.5 Å². The molecule has 1 fully saturated rings. The quantitative estimate of drug-likeness (QED) is 0.274. The van der Waals surface area contributed by atoms with E-state index in [2.05, 4.69) is 23.1 Å². The van der Waals surface area contributed by atoms with Crippen molar-refractivity contribution in [3.05, 3.63) is 80.6 Å². The maximum absolute atomic E-state index is 13.6. The molecule has 1 amide bonds. The van der Waals surface area contributed by atoms with Crippen molar-refractivity contribution in [2.75, 3.05) is 31.2 Å². The Hall–Kier alpha value is -3.01. The summed E-state index contributed by atoms with van der Waals surface area (Å²) in [6.07, 6.45) is 4.95. The van der Waals surface area contributed by atoms with Gasteiger partial charge in [0.1, 0.15) is 15.8 Å². The van der Waals surface area contributed by atoms with E-state index < -0.39 is 0 Å². The third-order valence-corrected chi connectivity index (χ3v) is 7.58. The highest BCUT2D eigenvalue weighted by atomic mass is 32.2. The van der Waals surface area contributed by atoms with Gasteiger partial charge in [0.05, 0.1) is 10.5 Å². The van der Waals surface area contributed by atoms with Gasteiger partial charge >= 0.3 is 0 Å². The Morgan fingerprint density at radius 2 is 1.94 bits per heavy atom. The summed E-state index contributed by atoms with van der Waals surface area (Å²) in [7, 11) is 0. The minimum Gasteiger partial charge on any atom is -0.382 e. The average molecular weight is 507 g/mol. The molecule has 5 rings (SSSR count). The molecule has 180 valence electrons. The molecule has 0 aliphatic carbocycles. The zero-order chi connectivity index (χ0) is 24.4. The average Bonchev–Trinajstić information content (AvgIpc) is 3.15. The van der Waals surface area contributed by atoms with Crippen LogP contribution in [-0.2, 0) is 22.5 Å². The lowest BCUT2D eigenvalue weighted by Gasteiger charge is -2.30. The maximum atomic E-state index is 13.6. The highest BCUT2D eigenvalue weighted by Crippen LogP contribution is 2.34. The van der Waals surface area contributed by atoms with Crippen LogP contribution >= 0.6 is 24.0 Å². The number of pyridine rings is 1. The summed E-state index contributed by atoms with van der Waals surface area (Å²) in [5.74, 6) is 0.418. The number of thioether (sulfide) groups is 1. The van der Waals surface area contributed by atoms with Crippen LogP contribution in [0.3, 0.4) is 0 Å². The van der Waals surface area contributed by atoms with E-state index in [0.29, 0.717) is 59.0 Å². The standard InChI is InChI=1S/C26H26N4O3S2/c1-2-33-15-7-13-30-25(32)21(35-26(30)34)16-20-23(27-22-10-5-6-12-29(22)24(20)31)28-14-11-18-8-3-4-9-19(18)17-28/h3-6,8-10,12,16H,2,7,11,13-15,17H2,1H3/b21-16+. The zero-order valence-electron chi connectivity index (χ0n) is 19.5. The van der Waals surface area contributed by atoms with Crippen molar-refractivity contribution in [1.82, 2.24) is 14.3 Å². The molecule has 2 aromatic heterocycles. The van der Waals surface area contributed by atoms with E-state index in [1.807, 2.05) is 25.1 Å². The van der Waals surface area contributed by atoms with Crippen molar-refractivity contribution in [2.24, 2.45) is 0 Å². The van der Waals surface area contributed by atoms with Crippen LogP contribution in [0.4, 0.5) is 5.82 Å². The Kier molecular flexibility index (Phi) is 6.99. The van der Waals surface area contributed by atoms with Crippen LogP contribution in [0.25, 0.3) is 11.7 Å². The van der Waals surface area contributed by atoms with Crippen LogP contribution in [-0.4, -0.2) is 50.8 Å². The van der Waals surface area contributed by atoms with Gasteiger partial charge in [0.15, 0.2) is 0 Å². The van der Waals surface area contributed by atoms with E-state index in [9.17, 15) is 9.59 Å². The number of anilines is 1. The Morgan fingerprint density at radius 1 is 1.14 bits per heavy atom. The summed E-state index contributed by atoms with van der Waals surface area (Å²) in [6, 6.07) is 13.8. The maximum Gasteiger partial charge on any atom is 0.267 e. The van der Waals surface area contributed by atoms with E-state index in [4.69, 9.17) is 21.9 Å². The molecule has 0 saturated carbocycles. The molecule has 7 nitrogen and oxygen atoms in total. The largest absolute Gasteiger partial charge is 0.382 e. The number of ether oxygens (including phenoxy) is 1. The number of nitrogens with zero attached hydrogens (tertiary/aromatic N) is 4. The smallest absolute Gasteiger partial charge is 0.267 e. The second-order valence-corrected chi connectivity index (χ2v) is 10.1. The molecule has 35 heavy (non-hydrogen) atoms. The number of rotatable bonds is 7. The van der Waals surface area contributed by atoms with Crippen LogP contribution in [0, 0.1) is 0 Å². The number of carbonyl (C=O) groups excluding carboxylic acids is 1. The molecule has 4 heterocycles. The molecule has 0 N–H and O–H groups in total. The first-order valence-electron chi connectivity index (χ1n) is 11.7. The van der Waals surface area contributed by atoms with Gasteiger partial charge in [-0.05, 0) is 49.1 Å². The van der Waals surface area contributed by atoms with Gasteiger partial charge in [0.2, 0.25) is 0 Å². The van der Waals surface area contributed by atoms with Crippen LogP contribution < -0.4 is 10.5 Å². The number of benzene rings is 1. The van der Waals surface area contributed by atoms with Crippen LogP contribution in [0.5, 0.6) is 0 Å². The van der Waals surface area contributed by atoms with E-state index >= 15 is 0 Å². The first kappa shape index (κ1) is 23.7. The van der Waals surface area contributed by atoms with Gasteiger partial charge in [-0.2, -0.15) is 0 Å². The Bertz CT molecular complexity index is 1380. The van der Waals surface area contributed by atoms with E-state index in [0.717, 1.165) is 13.0 Å². The summed E-state index contributed by atoms with van der Waals surface area (Å²) >= 11 is 6.71. The summed E-state index contributed by atoms with van der Waals surface area (Å²) in [5, 5.41) is 0. The van der Waals surface area contributed by atoms with Crippen molar-refractivity contribution in [3.63, 3.8) is 0 Å². The Morgan fingerprint density at radius 3 is 2.77 bits per heavy atom. The van der Waals surface area contributed by atoms with Crippen molar-refractivity contribution < 1.29 is 9.53 Å². The molecular weight excluding hydrogens is 480 g/mol. The highest BCUT2D eigenvalue weighted by molar-refractivity contribution is 8.26. The van der Waals surface area contributed by atoms with Gasteiger partial charge < -0.3 is 9.64 Å². The molecule has 2 aliphatic heterocycles. The fourth-order valence-electron chi connectivity index (χ4n) is 4.43. The highest BCUT2D eigenvalue weighted by Gasteiger charge is 2.33. The van der Waals surface area contributed by atoms with Gasteiger partial charge in [-0.15, -0.1) is 0 Å². The van der Waals surface area contributed by atoms with E-state index in [-0.39, 0.29) is 11.5 Å². The Labute approximate surface area is 213 Å².